The van der Waals surface area contributed by atoms with Gasteiger partial charge in [0.15, 0.2) is 11.5 Å². The lowest BCUT2D eigenvalue weighted by atomic mass is 9.87. The number of nitrogens with one attached hydrogen (secondary N) is 2. The molecule has 1 aliphatic carbocycles. The van der Waals surface area contributed by atoms with Crippen molar-refractivity contribution in [2.45, 2.75) is 50.6 Å². The average molecular weight is 391 g/mol. The third-order valence-electron chi connectivity index (χ3n) is 4.74. The van der Waals surface area contributed by atoms with Crippen molar-refractivity contribution in [2.24, 2.45) is 11.5 Å². The van der Waals surface area contributed by atoms with Crippen LogP contribution in [-0.4, -0.2) is 38.9 Å². The van der Waals surface area contributed by atoms with Gasteiger partial charge in [-0.25, -0.2) is 18.7 Å². The highest BCUT2D eigenvalue weighted by Gasteiger charge is 2.44. The average Bonchev–Trinajstić information content (AvgIpc) is 2.66. The summed E-state index contributed by atoms with van der Waals surface area (Å²) in [5.41, 5.74) is 12.5. The lowest BCUT2D eigenvalue weighted by Gasteiger charge is -2.36. The molecule has 1 aliphatic rings. The van der Waals surface area contributed by atoms with Gasteiger partial charge >= 0.3 is 0 Å². The van der Waals surface area contributed by atoms with E-state index in [2.05, 4.69) is 25.6 Å². The van der Waals surface area contributed by atoms with Crippen LogP contribution in [-0.2, 0) is 6.42 Å². The smallest absolute Gasteiger partial charge is 0.271 e. The quantitative estimate of drug-likeness (QED) is 0.593. The molecule has 10 heteroatoms. The minimum Gasteiger partial charge on any atom is -0.364 e. The highest BCUT2D eigenvalue weighted by Crippen LogP contribution is 2.33. The molecule has 28 heavy (non-hydrogen) atoms. The highest BCUT2D eigenvalue weighted by molar-refractivity contribution is 5.96. The topological polar surface area (TPSA) is 132 Å². The molecular formula is C18H23F2N7O. The zero-order valence-electron chi connectivity index (χ0n) is 15.5. The Hall–Kier alpha value is -2.88. The molecule has 1 saturated carbocycles. The molecule has 2 aromatic heterocycles. The first-order valence-electron chi connectivity index (χ1n) is 9.09. The fraction of sp³-hybridized carbons (Fsp3) is 0.444. The summed E-state index contributed by atoms with van der Waals surface area (Å²) in [5, 5.41) is 5.86. The first kappa shape index (κ1) is 19.9. The van der Waals surface area contributed by atoms with E-state index in [0.29, 0.717) is 18.5 Å². The van der Waals surface area contributed by atoms with Gasteiger partial charge in [0.25, 0.3) is 11.8 Å². The number of aromatic nitrogens is 3. The molecule has 2 aromatic rings. The summed E-state index contributed by atoms with van der Waals surface area (Å²) in [5.74, 6) is -3.37. The molecule has 1 fully saturated rings. The Morgan fingerprint density at radius 2 is 2.11 bits per heavy atom. The second kappa shape index (κ2) is 8.01. The number of alkyl halides is 2. The van der Waals surface area contributed by atoms with Crippen molar-refractivity contribution in [3.05, 3.63) is 35.9 Å². The van der Waals surface area contributed by atoms with Crippen LogP contribution >= 0.6 is 0 Å². The van der Waals surface area contributed by atoms with Crippen molar-refractivity contribution in [1.29, 1.82) is 0 Å². The third kappa shape index (κ3) is 4.33. The molecule has 0 bridgehead atoms. The number of halogens is 2. The number of nitrogens with two attached hydrogens (primary N) is 2. The van der Waals surface area contributed by atoms with Crippen molar-refractivity contribution in [1.82, 2.24) is 15.0 Å². The molecule has 0 aromatic carbocycles. The number of rotatable bonds is 6. The van der Waals surface area contributed by atoms with Crippen molar-refractivity contribution in [2.75, 3.05) is 10.6 Å². The normalized spacial score (nSPS) is 21.1. The first-order valence-corrected chi connectivity index (χ1v) is 9.09. The van der Waals surface area contributed by atoms with Gasteiger partial charge in [0.2, 0.25) is 0 Å². The van der Waals surface area contributed by atoms with Gasteiger partial charge in [0.1, 0.15) is 5.82 Å². The molecule has 150 valence electrons. The molecule has 2 atom stereocenters. The van der Waals surface area contributed by atoms with Crippen LogP contribution in [0.2, 0.25) is 0 Å². The second-order valence-electron chi connectivity index (χ2n) is 6.76. The zero-order valence-corrected chi connectivity index (χ0v) is 15.5. The van der Waals surface area contributed by atoms with Gasteiger partial charge in [-0.1, -0.05) is 6.92 Å². The van der Waals surface area contributed by atoms with Crippen molar-refractivity contribution in [3.63, 3.8) is 0 Å². The van der Waals surface area contributed by atoms with Crippen LogP contribution in [0, 0.1) is 0 Å². The van der Waals surface area contributed by atoms with E-state index in [0.717, 1.165) is 12.1 Å². The van der Waals surface area contributed by atoms with Gasteiger partial charge in [-0.15, -0.1) is 0 Å². The Bertz CT molecular complexity index is 844. The predicted molar refractivity (Wildman–Crippen MR) is 102 cm³/mol. The van der Waals surface area contributed by atoms with E-state index in [1.54, 1.807) is 12.3 Å². The number of pyridine rings is 1. The van der Waals surface area contributed by atoms with E-state index in [-0.39, 0.29) is 23.8 Å². The van der Waals surface area contributed by atoms with E-state index < -0.39 is 23.9 Å². The number of carbonyl (C=O) groups is 1. The molecule has 6 N–H and O–H groups in total. The molecular weight excluding hydrogens is 368 g/mol. The van der Waals surface area contributed by atoms with Crippen LogP contribution in [0.5, 0.6) is 0 Å². The van der Waals surface area contributed by atoms with Gasteiger partial charge in [-0.3, -0.25) is 9.78 Å². The van der Waals surface area contributed by atoms with Crippen LogP contribution in [0.1, 0.15) is 42.4 Å². The molecule has 2 unspecified atom stereocenters. The molecule has 0 aliphatic heterocycles. The number of amides is 1. The Labute approximate surface area is 161 Å². The Balaban J connectivity index is 1.83. The molecule has 0 radical (unpaired) electrons. The van der Waals surface area contributed by atoms with Crippen molar-refractivity contribution < 1.29 is 13.6 Å². The predicted octanol–water partition coefficient (Wildman–Crippen LogP) is 2.20. The maximum absolute atomic E-state index is 13.9. The van der Waals surface area contributed by atoms with Crippen molar-refractivity contribution in [3.8, 4) is 0 Å². The minimum atomic E-state index is -2.94. The van der Waals surface area contributed by atoms with Gasteiger partial charge in [-0.05, 0) is 31.4 Å². The lowest BCUT2D eigenvalue weighted by molar-refractivity contribution is -0.0554. The van der Waals surface area contributed by atoms with E-state index in [1.165, 1.54) is 6.20 Å². The largest absolute Gasteiger partial charge is 0.364 e. The number of nitrogens with zero attached hydrogens (tertiary/aromatic N) is 3. The minimum absolute atomic E-state index is 0.0663. The van der Waals surface area contributed by atoms with Gasteiger partial charge in [0, 0.05) is 18.2 Å². The molecule has 0 spiro atoms. The summed E-state index contributed by atoms with van der Waals surface area (Å²) < 4.78 is 27.7. The summed E-state index contributed by atoms with van der Waals surface area (Å²) in [7, 11) is 0. The summed E-state index contributed by atoms with van der Waals surface area (Å²) in [4.78, 5) is 24.3. The number of hydrogen-bond donors (Lipinski definition) is 4. The van der Waals surface area contributed by atoms with Crippen LogP contribution < -0.4 is 22.1 Å². The van der Waals surface area contributed by atoms with Gasteiger partial charge in [-0.2, -0.15) is 0 Å². The lowest BCUT2D eigenvalue weighted by Crippen LogP contribution is -2.55. The number of hydrogen-bond acceptors (Lipinski definition) is 7. The standard InChI is InChI=1S/C18H23F2N7O/c1-2-10-5-6-11(8-23-10)25-17-14(16(22)28)24-9-13(27-17)26-12-4-3-7-18(19,20)15(12)21/h5-6,8-9,12,15H,2-4,7,21H2,1H3,(H2,22,28)(H2,25,26,27). The molecule has 3 rings (SSSR count). The fourth-order valence-electron chi connectivity index (χ4n) is 3.12. The maximum atomic E-state index is 13.9. The monoisotopic (exact) mass is 391 g/mol. The molecule has 1 amide bonds. The summed E-state index contributed by atoms with van der Waals surface area (Å²) in [6.45, 7) is 1.99. The maximum Gasteiger partial charge on any atom is 0.271 e. The molecule has 0 saturated heterocycles. The summed E-state index contributed by atoms with van der Waals surface area (Å²) in [6.07, 6.45) is 4.28. The van der Waals surface area contributed by atoms with Gasteiger partial charge < -0.3 is 22.1 Å². The SMILES string of the molecule is CCc1ccc(Nc2nc(NC3CCCC(F)(F)C3N)cnc2C(N)=O)cn1. The zero-order chi connectivity index (χ0) is 20.3. The number of primary amides is 1. The molecule has 8 nitrogen and oxygen atoms in total. The van der Waals surface area contributed by atoms with Crippen LogP contribution in [0.15, 0.2) is 24.5 Å². The van der Waals surface area contributed by atoms with Crippen LogP contribution in [0.3, 0.4) is 0 Å². The molecule has 2 heterocycles. The Kier molecular flexibility index (Phi) is 5.68. The Morgan fingerprint density at radius 3 is 2.75 bits per heavy atom. The Morgan fingerprint density at radius 1 is 1.32 bits per heavy atom. The van der Waals surface area contributed by atoms with E-state index in [9.17, 15) is 13.6 Å². The first-order chi connectivity index (χ1) is 13.3. The number of anilines is 3. The van der Waals surface area contributed by atoms with Crippen LogP contribution in [0.4, 0.5) is 26.1 Å². The van der Waals surface area contributed by atoms with E-state index in [1.807, 2.05) is 13.0 Å². The van der Waals surface area contributed by atoms with Crippen molar-refractivity contribution >= 4 is 23.2 Å². The van der Waals surface area contributed by atoms with Crippen LogP contribution in [0.25, 0.3) is 0 Å². The van der Waals surface area contributed by atoms with Gasteiger partial charge in [0.05, 0.1) is 24.1 Å². The number of carbonyl (C=O) groups excluding carboxylic acids is 1. The fourth-order valence-corrected chi connectivity index (χ4v) is 3.12. The summed E-state index contributed by atoms with van der Waals surface area (Å²) in [6, 6.07) is 1.64. The van der Waals surface area contributed by atoms with E-state index >= 15 is 0 Å². The second-order valence-corrected chi connectivity index (χ2v) is 6.76. The number of aryl methyl sites for hydroxylation is 1. The highest BCUT2D eigenvalue weighted by atomic mass is 19.3. The third-order valence-corrected chi connectivity index (χ3v) is 4.74. The van der Waals surface area contributed by atoms with E-state index in [4.69, 9.17) is 11.5 Å². The summed E-state index contributed by atoms with van der Waals surface area (Å²) >= 11 is 0.